The highest BCUT2D eigenvalue weighted by atomic mass is 35.5. The molecule has 1 aromatic heterocycles. The fraction of sp³-hybridized carbons (Fsp3) is 0. The highest BCUT2D eigenvalue weighted by Crippen LogP contribution is 2.35. The molecule has 0 amide bonds. The molecule has 0 aliphatic carbocycles. The maximum atomic E-state index is 6.03. The molecule has 2 nitrogen and oxygen atoms in total. The van der Waals surface area contributed by atoms with Gasteiger partial charge in [0.15, 0.2) is 0 Å². The van der Waals surface area contributed by atoms with Gasteiger partial charge in [-0.2, -0.15) is 0 Å². The quantitative estimate of drug-likeness (QED) is 0.868. The lowest BCUT2D eigenvalue weighted by atomic mass is 10.4. The average molecular weight is 306 g/mol. The second-order valence-electron chi connectivity index (χ2n) is 3.20. The molecule has 6 heteroatoms. The maximum Gasteiger partial charge on any atom is 0.143 e. The van der Waals surface area contributed by atoms with Crippen LogP contribution in [-0.4, -0.2) is 4.98 Å². The molecule has 0 bridgehead atoms. The third-order valence-corrected chi connectivity index (χ3v) is 3.92. The van der Waals surface area contributed by atoms with Gasteiger partial charge in [-0.25, -0.2) is 4.98 Å². The summed E-state index contributed by atoms with van der Waals surface area (Å²) in [7, 11) is 0. The highest BCUT2D eigenvalue weighted by Gasteiger charge is 2.08. The van der Waals surface area contributed by atoms with Crippen molar-refractivity contribution < 1.29 is 0 Å². The normalized spacial score (nSPS) is 10.5. The van der Waals surface area contributed by atoms with Gasteiger partial charge in [-0.15, -0.1) is 0 Å². The molecule has 0 aliphatic heterocycles. The van der Waals surface area contributed by atoms with E-state index in [0.717, 1.165) is 4.90 Å². The molecule has 2 aromatic rings. The van der Waals surface area contributed by atoms with Crippen molar-refractivity contribution in [3.8, 4) is 0 Å². The number of halogens is 3. The van der Waals surface area contributed by atoms with Gasteiger partial charge in [0.1, 0.15) is 10.8 Å². The van der Waals surface area contributed by atoms with E-state index in [1.54, 1.807) is 18.2 Å². The molecular weight excluding hydrogens is 299 g/mol. The number of pyridine rings is 1. The van der Waals surface area contributed by atoms with E-state index in [1.165, 1.54) is 11.8 Å². The molecule has 0 radical (unpaired) electrons. The predicted molar refractivity (Wildman–Crippen MR) is 74.2 cm³/mol. The van der Waals surface area contributed by atoms with Crippen LogP contribution in [0.4, 0.5) is 5.82 Å². The van der Waals surface area contributed by atoms with Gasteiger partial charge >= 0.3 is 0 Å². The Bertz CT molecular complexity index is 543. The van der Waals surface area contributed by atoms with Crippen LogP contribution in [0.2, 0.25) is 15.1 Å². The lowest BCUT2D eigenvalue weighted by Crippen LogP contribution is -1.93. The molecule has 0 spiro atoms. The monoisotopic (exact) mass is 304 g/mol. The van der Waals surface area contributed by atoms with E-state index in [4.69, 9.17) is 40.5 Å². The summed E-state index contributed by atoms with van der Waals surface area (Å²) in [6, 6.07) is 8.96. The number of anilines is 1. The molecule has 17 heavy (non-hydrogen) atoms. The summed E-state index contributed by atoms with van der Waals surface area (Å²) in [4.78, 5) is 5.11. The lowest BCUT2D eigenvalue weighted by molar-refractivity contribution is 1.14. The van der Waals surface area contributed by atoms with E-state index < -0.39 is 0 Å². The zero-order valence-electron chi connectivity index (χ0n) is 8.45. The van der Waals surface area contributed by atoms with Crippen LogP contribution in [0.5, 0.6) is 0 Å². The lowest BCUT2D eigenvalue weighted by Gasteiger charge is -2.05. The number of nitrogens with zero attached hydrogens (tertiary/aromatic N) is 1. The zero-order chi connectivity index (χ0) is 12.4. The molecule has 0 unspecified atom stereocenters. The van der Waals surface area contributed by atoms with Crippen LogP contribution >= 0.6 is 46.6 Å². The van der Waals surface area contributed by atoms with Gasteiger partial charge < -0.3 is 5.73 Å². The Morgan fingerprint density at radius 2 is 1.65 bits per heavy atom. The number of aromatic nitrogens is 1. The van der Waals surface area contributed by atoms with E-state index in [1.807, 2.05) is 12.1 Å². The van der Waals surface area contributed by atoms with Crippen LogP contribution in [-0.2, 0) is 0 Å². The Hall–Kier alpha value is -0.610. The minimum Gasteiger partial charge on any atom is -0.382 e. The summed E-state index contributed by atoms with van der Waals surface area (Å²) in [6.07, 6.45) is 0. The molecule has 0 saturated heterocycles. The summed E-state index contributed by atoms with van der Waals surface area (Å²) in [5, 5.41) is 2.14. The smallest absolute Gasteiger partial charge is 0.143 e. The second-order valence-corrected chi connectivity index (χ2v) is 5.51. The van der Waals surface area contributed by atoms with Crippen molar-refractivity contribution >= 4 is 52.4 Å². The van der Waals surface area contributed by atoms with E-state index in [9.17, 15) is 0 Å². The molecular formula is C11H7Cl3N2S. The highest BCUT2D eigenvalue weighted by molar-refractivity contribution is 7.99. The van der Waals surface area contributed by atoms with Crippen LogP contribution in [0, 0.1) is 0 Å². The Morgan fingerprint density at radius 3 is 2.29 bits per heavy atom. The summed E-state index contributed by atoms with van der Waals surface area (Å²) >= 11 is 19.1. The third-order valence-electron chi connectivity index (χ3n) is 1.95. The largest absolute Gasteiger partial charge is 0.382 e. The van der Waals surface area contributed by atoms with Crippen molar-refractivity contribution in [3.63, 3.8) is 0 Å². The first kappa shape index (κ1) is 12.8. The van der Waals surface area contributed by atoms with E-state index in [-0.39, 0.29) is 5.82 Å². The first-order valence-electron chi connectivity index (χ1n) is 4.61. The Balaban J connectivity index is 2.30. The predicted octanol–water partition coefficient (Wildman–Crippen LogP) is 4.78. The van der Waals surface area contributed by atoms with Crippen LogP contribution in [0.3, 0.4) is 0 Å². The number of nitrogens with two attached hydrogens (primary N) is 1. The average Bonchev–Trinajstić information content (AvgIpc) is 2.29. The van der Waals surface area contributed by atoms with E-state index in [2.05, 4.69) is 4.98 Å². The molecule has 0 saturated carbocycles. The van der Waals surface area contributed by atoms with Crippen LogP contribution < -0.4 is 5.73 Å². The summed E-state index contributed by atoms with van der Waals surface area (Å²) in [5.41, 5.74) is 5.63. The topological polar surface area (TPSA) is 38.9 Å². The minimum absolute atomic E-state index is 0.271. The Labute approximate surface area is 118 Å². The number of hydrogen-bond donors (Lipinski definition) is 1. The van der Waals surface area contributed by atoms with Gasteiger partial charge in [0, 0.05) is 9.92 Å². The fourth-order valence-corrected chi connectivity index (χ4v) is 2.55. The van der Waals surface area contributed by atoms with Gasteiger partial charge in [-0.3, -0.25) is 0 Å². The van der Waals surface area contributed by atoms with Crippen LogP contribution in [0.15, 0.2) is 40.3 Å². The van der Waals surface area contributed by atoms with Crippen molar-refractivity contribution in [1.82, 2.24) is 4.98 Å². The molecule has 0 fully saturated rings. The minimum atomic E-state index is 0.271. The third kappa shape index (κ3) is 3.19. The van der Waals surface area contributed by atoms with Gasteiger partial charge in [0.25, 0.3) is 0 Å². The summed E-state index contributed by atoms with van der Waals surface area (Å²) in [6.45, 7) is 0. The number of benzene rings is 1. The first-order valence-corrected chi connectivity index (χ1v) is 6.56. The summed E-state index contributed by atoms with van der Waals surface area (Å²) < 4.78 is 0. The molecule has 88 valence electrons. The number of nitrogen functional groups attached to an aromatic ring is 1. The van der Waals surface area contributed by atoms with E-state index >= 15 is 0 Å². The molecule has 1 heterocycles. The fourth-order valence-electron chi connectivity index (χ4n) is 1.15. The molecule has 2 N–H and O–H groups in total. The number of hydrogen-bond acceptors (Lipinski definition) is 3. The van der Waals surface area contributed by atoms with Crippen molar-refractivity contribution in [1.29, 1.82) is 0 Å². The van der Waals surface area contributed by atoms with Crippen molar-refractivity contribution in [2.45, 2.75) is 9.92 Å². The molecule has 0 aliphatic rings. The molecule has 2 rings (SSSR count). The van der Waals surface area contributed by atoms with Gasteiger partial charge in [0.2, 0.25) is 0 Å². The second kappa shape index (κ2) is 5.36. The Kier molecular flexibility index (Phi) is 4.05. The maximum absolute atomic E-state index is 6.03. The van der Waals surface area contributed by atoms with Crippen LogP contribution in [0.1, 0.15) is 0 Å². The number of rotatable bonds is 2. The van der Waals surface area contributed by atoms with Gasteiger partial charge in [-0.05, 0) is 30.3 Å². The van der Waals surface area contributed by atoms with Crippen molar-refractivity contribution in [3.05, 3.63) is 45.4 Å². The van der Waals surface area contributed by atoms with Gasteiger partial charge in [-0.1, -0.05) is 46.6 Å². The SMILES string of the molecule is Nc1nc(Sc2ccc(Cl)cc2)c(Cl)cc1Cl. The standard InChI is InChI=1S/C11H7Cl3N2S/c12-6-1-3-7(4-2-6)17-11-9(14)5-8(13)10(15)16-11/h1-5H,(H2,15,16). The Morgan fingerprint density at radius 1 is 1.00 bits per heavy atom. The van der Waals surface area contributed by atoms with Crippen molar-refractivity contribution in [2.75, 3.05) is 5.73 Å². The van der Waals surface area contributed by atoms with Crippen molar-refractivity contribution in [2.24, 2.45) is 0 Å². The first-order chi connectivity index (χ1) is 8.06. The zero-order valence-corrected chi connectivity index (χ0v) is 11.5. The molecule has 1 aromatic carbocycles. The van der Waals surface area contributed by atoms with E-state index in [0.29, 0.717) is 20.1 Å². The summed E-state index contributed by atoms with van der Waals surface area (Å²) in [5.74, 6) is 0.271. The van der Waals surface area contributed by atoms with Crippen LogP contribution in [0.25, 0.3) is 0 Å². The molecule has 0 atom stereocenters. The van der Waals surface area contributed by atoms with Gasteiger partial charge in [0.05, 0.1) is 10.0 Å².